The zero-order chi connectivity index (χ0) is 14.7. The number of anilines is 2. The first-order valence-electron chi connectivity index (χ1n) is 7.89. The van der Waals surface area contributed by atoms with Crippen molar-refractivity contribution < 1.29 is 4.74 Å². The van der Waals surface area contributed by atoms with Crippen LogP contribution in [0.1, 0.15) is 32.6 Å². The van der Waals surface area contributed by atoms with Gasteiger partial charge in [-0.15, -0.1) is 0 Å². The summed E-state index contributed by atoms with van der Waals surface area (Å²) in [6.07, 6.45) is 5.18. The Labute approximate surface area is 125 Å². The smallest absolute Gasteiger partial charge is 0.323 e. The van der Waals surface area contributed by atoms with E-state index in [1.54, 1.807) is 0 Å². The van der Waals surface area contributed by atoms with Crippen LogP contribution in [0, 0.1) is 0 Å². The fourth-order valence-corrected chi connectivity index (χ4v) is 3.20. The highest BCUT2D eigenvalue weighted by atomic mass is 16.5. The van der Waals surface area contributed by atoms with Crippen molar-refractivity contribution in [2.75, 3.05) is 43.4 Å². The molecule has 0 aliphatic carbocycles. The fraction of sp³-hybridized carbons (Fsp3) is 0.786. The van der Waals surface area contributed by atoms with Crippen LogP contribution in [-0.4, -0.2) is 58.7 Å². The zero-order valence-corrected chi connectivity index (χ0v) is 12.7. The lowest BCUT2D eigenvalue weighted by Crippen LogP contribution is -2.41. The summed E-state index contributed by atoms with van der Waals surface area (Å²) in [7, 11) is 0. The van der Waals surface area contributed by atoms with Crippen molar-refractivity contribution in [1.29, 1.82) is 0 Å². The number of rotatable bonds is 4. The number of nitrogens with two attached hydrogens (primary N) is 1. The molecule has 116 valence electrons. The van der Waals surface area contributed by atoms with E-state index in [-0.39, 0.29) is 5.95 Å². The SMILES string of the molecule is CCOc1nc(N)nc(N2CCC(N3CCCCC3)C2)n1. The first-order valence-corrected chi connectivity index (χ1v) is 7.89. The van der Waals surface area contributed by atoms with Gasteiger partial charge in [0.2, 0.25) is 11.9 Å². The topological polar surface area (TPSA) is 80.4 Å². The number of ether oxygens (including phenoxy) is 1. The van der Waals surface area contributed by atoms with E-state index in [0.717, 1.165) is 19.5 Å². The monoisotopic (exact) mass is 292 g/mol. The lowest BCUT2D eigenvalue weighted by atomic mass is 10.1. The Balaban J connectivity index is 1.67. The molecule has 1 unspecified atom stereocenters. The molecule has 2 N–H and O–H groups in total. The minimum atomic E-state index is 0.227. The maximum atomic E-state index is 5.76. The summed E-state index contributed by atoms with van der Waals surface area (Å²) in [4.78, 5) is 17.4. The van der Waals surface area contributed by atoms with Crippen LogP contribution >= 0.6 is 0 Å². The van der Waals surface area contributed by atoms with E-state index < -0.39 is 0 Å². The van der Waals surface area contributed by atoms with Gasteiger partial charge in [-0.2, -0.15) is 15.0 Å². The van der Waals surface area contributed by atoms with Gasteiger partial charge in [-0.05, 0) is 39.3 Å². The zero-order valence-electron chi connectivity index (χ0n) is 12.7. The minimum absolute atomic E-state index is 0.227. The first-order chi connectivity index (χ1) is 10.3. The van der Waals surface area contributed by atoms with Gasteiger partial charge in [0, 0.05) is 19.1 Å². The van der Waals surface area contributed by atoms with Gasteiger partial charge in [0.1, 0.15) is 0 Å². The lowest BCUT2D eigenvalue weighted by molar-refractivity contribution is 0.174. The molecule has 0 aromatic carbocycles. The average Bonchev–Trinajstić information content (AvgIpc) is 2.98. The molecule has 1 atom stereocenters. The molecule has 3 heterocycles. The van der Waals surface area contributed by atoms with E-state index in [2.05, 4.69) is 24.8 Å². The molecule has 1 aromatic heterocycles. The number of nitrogen functional groups attached to an aromatic ring is 1. The van der Waals surface area contributed by atoms with Gasteiger partial charge >= 0.3 is 6.01 Å². The Bertz CT molecular complexity index is 477. The van der Waals surface area contributed by atoms with Gasteiger partial charge < -0.3 is 15.4 Å². The second-order valence-corrected chi connectivity index (χ2v) is 5.69. The predicted molar refractivity (Wildman–Crippen MR) is 81.5 cm³/mol. The Kier molecular flexibility index (Phi) is 4.38. The van der Waals surface area contributed by atoms with Gasteiger partial charge in [0.25, 0.3) is 0 Å². The van der Waals surface area contributed by atoms with Crippen molar-refractivity contribution in [1.82, 2.24) is 19.9 Å². The van der Waals surface area contributed by atoms with Gasteiger partial charge in [0.15, 0.2) is 0 Å². The molecule has 2 aliphatic heterocycles. The largest absolute Gasteiger partial charge is 0.464 e. The molecule has 7 heteroatoms. The van der Waals surface area contributed by atoms with E-state index in [0.29, 0.717) is 24.6 Å². The highest BCUT2D eigenvalue weighted by Gasteiger charge is 2.30. The Morgan fingerprint density at radius 3 is 2.71 bits per heavy atom. The molecule has 0 bridgehead atoms. The van der Waals surface area contributed by atoms with Crippen molar-refractivity contribution in [3.63, 3.8) is 0 Å². The molecule has 3 rings (SSSR count). The molecule has 0 radical (unpaired) electrons. The third kappa shape index (κ3) is 3.34. The molecule has 21 heavy (non-hydrogen) atoms. The third-order valence-corrected chi connectivity index (χ3v) is 4.25. The van der Waals surface area contributed by atoms with Gasteiger partial charge in [0.05, 0.1) is 6.61 Å². The Morgan fingerprint density at radius 2 is 1.95 bits per heavy atom. The summed E-state index contributed by atoms with van der Waals surface area (Å²) in [5.41, 5.74) is 5.76. The molecular formula is C14H24N6O. The summed E-state index contributed by atoms with van der Waals surface area (Å²) >= 11 is 0. The van der Waals surface area contributed by atoms with Crippen LogP contribution in [0.15, 0.2) is 0 Å². The van der Waals surface area contributed by atoms with Crippen LogP contribution in [0.3, 0.4) is 0 Å². The quantitative estimate of drug-likeness (QED) is 0.883. The van der Waals surface area contributed by atoms with E-state index >= 15 is 0 Å². The normalized spacial score (nSPS) is 23.5. The highest BCUT2D eigenvalue weighted by molar-refractivity contribution is 5.37. The van der Waals surface area contributed by atoms with Crippen molar-refractivity contribution in [2.45, 2.75) is 38.6 Å². The van der Waals surface area contributed by atoms with Crippen LogP contribution in [0.25, 0.3) is 0 Å². The van der Waals surface area contributed by atoms with Crippen LogP contribution in [-0.2, 0) is 0 Å². The number of piperidine rings is 1. The van der Waals surface area contributed by atoms with E-state index in [9.17, 15) is 0 Å². The minimum Gasteiger partial charge on any atom is -0.464 e. The molecule has 2 aliphatic rings. The third-order valence-electron chi connectivity index (χ3n) is 4.25. The average molecular weight is 292 g/mol. The molecule has 2 fully saturated rings. The molecule has 2 saturated heterocycles. The maximum absolute atomic E-state index is 5.76. The van der Waals surface area contributed by atoms with Crippen molar-refractivity contribution in [3.05, 3.63) is 0 Å². The molecule has 7 nitrogen and oxygen atoms in total. The number of likely N-dealkylation sites (tertiary alicyclic amines) is 1. The predicted octanol–water partition coefficient (Wildman–Crippen LogP) is 0.917. The Morgan fingerprint density at radius 1 is 1.14 bits per heavy atom. The standard InChI is InChI=1S/C14H24N6O/c1-2-21-14-17-12(15)16-13(18-14)20-9-6-11(10-20)19-7-4-3-5-8-19/h11H,2-10H2,1H3,(H2,15,16,17,18). The number of hydrogen-bond donors (Lipinski definition) is 1. The van der Waals surface area contributed by atoms with Gasteiger partial charge in [-0.1, -0.05) is 6.42 Å². The molecule has 0 saturated carbocycles. The van der Waals surface area contributed by atoms with Gasteiger partial charge in [-0.25, -0.2) is 0 Å². The summed E-state index contributed by atoms with van der Waals surface area (Å²) < 4.78 is 5.35. The van der Waals surface area contributed by atoms with E-state index in [1.165, 1.54) is 32.4 Å². The summed E-state index contributed by atoms with van der Waals surface area (Å²) in [5, 5.41) is 0. The lowest BCUT2D eigenvalue weighted by Gasteiger charge is -2.32. The van der Waals surface area contributed by atoms with E-state index in [1.807, 2.05) is 6.92 Å². The summed E-state index contributed by atoms with van der Waals surface area (Å²) in [6, 6.07) is 0.931. The van der Waals surface area contributed by atoms with E-state index in [4.69, 9.17) is 10.5 Å². The van der Waals surface area contributed by atoms with Crippen LogP contribution in [0.5, 0.6) is 6.01 Å². The molecule has 1 aromatic rings. The first kappa shape index (κ1) is 14.3. The second-order valence-electron chi connectivity index (χ2n) is 5.69. The molecular weight excluding hydrogens is 268 g/mol. The summed E-state index contributed by atoms with van der Waals surface area (Å²) in [5.74, 6) is 0.871. The number of hydrogen-bond acceptors (Lipinski definition) is 7. The number of nitrogens with zero attached hydrogens (tertiary/aromatic N) is 5. The summed E-state index contributed by atoms with van der Waals surface area (Å²) in [6.45, 7) is 6.82. The number of aromatic nitrogens is 3. The van der Waals surface area contributed by atoms with Crippen molar-refractivity contribution in [3.8, 4) is 6.01 Å². The molecule has 0 spiro atoms. The molecule has 0 amide bonds. The fourth-order valence-electron chi connectivity index (χ4n) is 3.20. The highest BCUT2D eigenvalue weighted by Crippen LogP contribution is 2.24. The van der Waals surface area contributed by atoms with Crippen LogP contribution < -0.4 is 15.4 Å². The second kappa shape index (κ2) is 6.43. The Hall–Kier alpha value is -1.63. The van der Waals surface area contributed by atoms with Gasteiger partial charge in [-0.3, -0.25) is 4.90 Å². The maximum Gasteiger partial charge on any atom is 0.323 e. The van der Waals surface area contributed by atoms with Crippen molar-refractivity contribution >= 4 is 11.9 Å². The van der Waals surface area contributed by atoms with Crippen LogP contribution in [0.4, 0.5) is 11.9 Å². The van der Waals surface area contributed by atoms with Crippen LogP contribution in [0.2, 0.25) is 0 Å². The van der Waals surface area contributed by atoms with Crippen molar-refractivity contribution in [2.24, 2.45) is 0 Å².